The summed E-state index contributed by atoms with van der Waals surface area (Å²) in [6.45, 7) is 13.2. The van der Waals surface area contributed by atoms with Gasteiger partial charge in [0.1, 0.15) is 22.8 Å². The number of hydrogen-bond acceptors (Lipinski definition) is 6. The molecule has 2 aliphatic heterocycles. The minimum absolute atomic E-state index is 0.0111. The van der Waals surface area contributed by atoms with Crippen LogP contribution in [0.15, 0.2) is 61.4 Å². The Kier molecular flexibility index (Phi) is 7.54. The zero-order valence-electron chi connectivity index (χ0n) is 25.6. The maximum absolute atomic E-state index is 17.0. The zero-order valence-corrected chi connectivity index (χ0v) is 26.4. The Labute approximate surface area is 270 Å². The van der Waals surface area contributed by atoms with E-state index < -0.39 is 5.82 Å². The Morgan fingerprint density at radius 1 is 1.22 bits per heavy atom. The predicted octanol–water partition coefficient (Wildman–Crippen LogP) is 6.29. The molecule has 0 radical (unpaired) electrons. The first-order chi connectivity index (χ1) is 22.2. The number of likely N-dealkylation sites (tertiary alicyclic amines) is 1. The van der Waals surface area contributed by atoms with Crippen molar-refractivity contribution in [3.63, 3.8) is 0 Å². The third kappa shape index (κ3) is 4.82. The number of fused-ring (bicyclic) bond motifs is 4. The fourth-order valence-corrected chi connectivity index (χ4v) is 7.31. The number of phenolic OH excluding ortho intramolecular Hbond substituents is 1. The molecular formula is C35H33ClFN7O2. The van der Waals surface area contributed by atoms with E-state index in [9.17, 15) is 9.90 Å². The minimum Gasteiger partial charge on any atom is -0.508 e. The lowest BCUT2D eigenvalue weighted by Crippen LogP contribution is -2.57. The van der Waals surface area contributed by atoms with Crippen molar-refractivity contribution < 1.29 is 14.3 Å². The highest BCUT2D eigenvalue weighted by Crippen LogP contribution is 2.44. The summed E-state index contributed by atoms with van der Waals surface area (Å²) >= 11 is 6.95. The second-order valence-electron chi connectivity index (χ2n) is 12.4. The van der Waals surface area contributed by atoms with Gasteiger partial charge < -0.3 is 29.2 Å². The minimum atomic E-state index is -0.573. The van der Waals surface area contributed by atoms with E-state index in [1.54, 1.807) is 23.4 Å². The number of rotatable bonds is 6. The molecule has 234 valence electrons. The number of nitrogens with zero attached hydrogens (tertiary/aromatic N) is 7. The van der Waals surface area contributed by atoms with Gasteiger partial charge in [0, 0.05) is 42.7 Å². The summed E-state index contributed by atoms with van der Waals surface area (Å²) in [4.78, 5) is 32.0. The number of aromatic nitrogens is 3. The topological polar surface area (TPSA) is 82.1 Å². The number of carbonyl (C=O) groups excluding carboxylic acids is 1. The van der Waals surface area contributed by atoms with Gasteiger partial charge in [0.25, 0.3) is 0 Å². The molecule has 7 rings (SSSR count). The summed E-state index contributed by atoms with van der Waals surface area (Å²) in [6, 6.07) is 12.4. The van der Waals surface area contributed by atoms with Crippen molar-refractivity contribution in [2.45, 2.75) is 31.0 Å². The number of amides is 1. The van der Waals surface area contributed by atoms with Crippen molar-refractivity contribution in [2.75, 3.05) is 45.2 Å². The van der Waals surface area contributed by atoms with E-state index in [0.717, 1.165) is 29.4 Å². The lowest BCUT2D eigenvalue weighted by atomic mass is 9.95. The van der Waals surface area contributed by atoms with E-state index in [0.29, 0.717) is 47.7 Å². The Bertz CT molecular complexity index is 2080. The number of phenols is 1. The number of hydrogen-bond donors (Lipinski definition) is 1. The van der Waals surface area contributed by atoms with Gasteiger partial charge in [0.15, 0.2) is 11.6 Å². The van der Waals surface area contributed by atoms with Crippen molar-refractivity contribution in [1.82, 2.24) is 24.3 Å². The third-order valence-electron chi connectivity index (χ3n) is 9.52. The van der Waals surface area contributed by atoms with Crippen molar-refractivity contribution in [3.05, 3.63) is 83.7 Å². The molecule has 0 aliphatic carbocycles. The van der Waals surface area contributed by atoms with Gasteiger partial charge in [-0.2, -0.15) is 0 Å². The Morgan fingerprint density at radius 2 is 2.00 bits per heavy atom. The highest BCUT2D eigenvalue weighted by atomic mass is 35.5. The molecule has 0 saturated carbocycles. The van der Waals surface area contributed by atoms with E-state index in [2.05, 4.69) is 25.8 Å². The van der Waals surface area contributed by atoms with Crippen molar-refractivity contribution in [2.24, 2.45) is 0 Å². The first-order valence-corrected chi connectivity index (χ1v) is 15.7. The number of imidazole rings is 1. The fourth-order valence-electron chi connectivity index (χ4n) is 7.02. The number of anilines is 1. The molecule has 11 heteroatoms. The van der Waals surface area contributed by atoms with Gasteiger partial charge in [0.2, 0.25) is 12.5 Å². The predicted molar refractivity (Wildman–Crippen MR) is 180 cm³/mol. The first-order valence-electron chi connectivity index (χ1n) is 15.3. The summed E-state index contributed by atoms with van der Waals surface area (Å²) in [6.07, 6.45) is 4.24. The highest BCUT2D eigenvalue weighted by molar-refractivity contribution is 6.35. The van der Waals surface area contributed by atoms with Gasteiger partial charge in [0.05, 0.1) is 16.9 Å². The van der Waals surface area contributed by atoms with Gasteiger partial charge in [-0.25, -0.2) is 20.9 Å². The number of piperidine rings is 1. The van der Waals surface area contributed by atoms with E-state index in [1.165, 1.54) is 12.1 Å². The first kappa shape index (κ1) is 30.0. The van der Waals surface area contributed by atoms with Gasteiger partial charge in [-0.15, -0.1) is 0 Å². The number of aromatic hydroxyl groups is 1. The normalized spacial score (nSPS) is 18.8. The molecular weight excluding hydrogens is 605 g/mol. The van der Waals surface area contributed by atoms with Gasteiger partial charge in [-0.3, -0.25) is 4.79 Å². The van der Waals surface area contributed by atoms with E-state index in [4.69, 9.17) is 28.1 Å². The van der Waals surface area contributed by atoms with Crippen molar-refractivity contribution in [1.29, 1.82) is 0 Å². The SMILES string of the molecule is [C-]#[N+]C[C@@H]1C[C@@H](n2cnc3c(N4CC(N(C)C)C4)nc4c(F)c(-c5cc(O)cc6ccccc56)c(Cl)cc4c32)CCN1C(=O)C=C. The van der Waals surface area contributed by atoms with Gasteiger partial charge in [-0.1, -0.05) is 42.4 Å². The third-order valence-corrected chi connectivity index (χ3v) is 9.82. The quantitative estimate of drug-likeness (QED) is 0.174. The number of pyridine rings is 1. The standard InChI is InChI=1S/C35H33ClFN7O2/c1-5-29(46)43-11-10-21(13-22(43)16-38-2)44-19-39-33-34(44)27-15-28(36)30(26-14-24(45)12-20-8-6-7-9-25(20)26)31(37)32(27)40-35(33)42-17-23(18-42)41(3)4/h5-9,12,14-15,19,21-23,45H,1,10-11,13,16-18H2,3-4H3/t21-,22-/m0/s1. The molecule has 9 nitrogen and oxygen atoms in total. The number of carbonyl (C=O) groups is 1. The number of halogens is 2. The van der Waals surface area contributed by atoms with Crippen LogP contribution in [-0.2, 0) is 4.79 Å². The van der Waals surface area contributed by atoms with Crippen LogP contribution in [0, 0.1) is 12.4 Å². The van der Waals surface area contributed by atoms with E-state index in [-0.39, 0.29) is 46.4 Å². The lowest BCUT2D eigenvalue weighted by Gasteiger charge is -2.43. The van der Waals surface area contributed by atoms with Crippen LogP contribution in [-0.4, -0.2) is 87.7 Å². The molecule has 3 aromatic carbocycles. The lowest BCUT2D eigenvalue weighted by molar-refractivity contribution is -0.129. The van der Waals surface area contributed by atoms with E-state index >= 15 is 4.39 Å². The van der Waals surface area contributed by atoms with Crippen LogP contribution in [0.3, 0.4) is 0 Å². The van der Waals surface area contributed by atoms with Crippen molar-refractivity contribution in [3.8, 4) is 16.9 Å². The monoisotopic (exact) mass is 637 g/mol. The summed E-state index contributed by atoms with van der Waals surface area (Å²) in [5.74, 6) is -0.147. The maximum Gasteiger partial charge on any atom is 0.246 e. The summed E-state index contributed by atoms with van der Waals surface area (Å²) in [5.41, 5.74) is 2.20. The Morgan fingerprint density at radius 3 is 2.74 bits per heavy atom. The largest absolute Gasteiger partial charge is 0.508 e. The number of likely N-dealkylation sites (N-methyl/N-ethyl adjacent to an activating group) is 1. The van der Waals surface area contributed by atoms with Crippen molar-refractivity contribution >= 4 is 56.0 Å². The summed E-state index contributed by atoms with van der Waals surface area (Å²) < 4.78 is 19.1. The summed E-state index contributed by atoms with van der Waals surface area (Å²) in [7, 11) is 4.08. The highest BCUT2D eigenvalue weighted by Gasteiger charge is 2.36. The average Bonchev–Trinajstić information content (AvgIpc) is 3.46. The second kappa shape index (κ2) is 11.6. The molecule has 0 spiro atoms. The smallest absolute Gasteiger partial charge is 0.246 e. The molecule has 1 amide bonds. The zero-order chi connectivity index (χ0) is 32.3. The van der Waals surface area contributed by atoms with Crippen LogP contribution in [0.2, 0.25) is 5.02 Å². The average molecular weight is 638 g/mol. The van der Waals surface area contributed by atoms with E-state index in [1.807, 2.05) is 38.4 Å². The van der Waals surface area contributed by atoms with Gasteiger partial charge in [-0.05, 0) is 67.5 Å². The van der Waals surface area contributed by atoms with Crippen LogP contribution >= 0.6 is 11.6 Å². The molecule has 2 aliphatic rings. The molecule has 2 aromatic heterocycles. The molecule has 1 N–H and O–H groups in total. The number of benzene rings is 3. The fraction of sp³-hybridized carbons (Fsp3) is 0.314. The molecule has 0 unspecified atom stereocenters. The Hall–Kier alpha value is -4.72. The molecule has 46 heavy (non-hydrogen) atoms. The second-order valence-corrected chi connectivity index (χ2v) is 12.8. The Balaban J connectivity index is 1.44. The van der Waals surface area contributed by atoms with Crippen LogP contribution in [0.5, 0.6) is 5.75 Å². The summed E-state index contributed by atoms with van der Waals surface area (Å²) in [5, 5.41) is 12.8. The van der Waals surface area contributed by atoms with Crippen LogP contribution in [0.1, 0.15) is 18.9 Å². The molecule has 2 atom stereocenters. The van der Waals surface area contributed by atoms with Crippen LogP contribution in [0.25, 0.3) is 48.7 Å². The maximum atomic E-state index is 17.0. The van der Waals surface area contributed by atoms with Crippen LogP contribution in [0.4, 0.5) is 10.2 Å². The van der Waals surface area contributed by atoms with Crippen LogP contribution < -0.4 is 4.90 Å². The molecule has 4 heterocycles. The molecule has 2 saturated heterocycles. The van der Waals surface area contributed by atoms with Gasteiger partial charge >= 0.3 is 0 Å². The molecule has 2 fully saturated rings. The molecule has 5 aromatic rings. The molecule has 0 bridgehead atoms.